The summed E-state index contributed by atoms with van der Waals surface area (Å²) in [7, 11) is 0. The summed E-state index contributed by atoms with van der Waals surface area (Å²) in [5.41, 5.74) is 13.6. The number of likely N-dealkylation sites (tertiary alicyclic amines) is 1. The van der Waals surface area contributed by atoms with Crippen molar-refractivity contribution < 1.29 is 14.7 Å². The number of β-amino-alcohol motifs (C(OH)–C–C–N with tert-alkyl or cyclic N) is 1. The molecular formula is C22H28N6O3S. The van der Waals surface area contributed by atoms with Crippen molar-refractivity contribution in [3.05, 3.63) is 51.5 Å². The van der Waals surface area contributed by atoms with Crippen molar-refractivity contribution in [3.8, 4) is 10.4 Å². The Hall–Kier alpha value is -2.94. The lowest BCUT2D eigenvalue weighted by atomic mass is 10.0. The molecule has 0 radical (unpaired) electrons. The van der Waals surface area contributed by atoms with E-state index in [0.29, 0.717) is 0 Å². The Kier molecular flexibility index (Phi) is 7.50. The molecule has 2 aromatic rings. The number of aryl methyl sites for hydroxylation is 1. The van der Waals surface area contributed by atoms with E-state index in [1.807, 2.05) is 43.6 Å². The van der Waals surface area contributed by atoms with E-state index in [-0.39, 0.29) is 30.8 Å². The van der Waals surface area contributed by atoms with E-state index in [2.05, 4.69) is 20.3 Å². The molecule has 10 heteroatoms. The van der Waals surface area contributed by atoms with Crippen LogP contribution >= 0.6 is 11.3 Å². The smallest absolute Gasteiger partial charge is 0.243 e. The van der Waals surface area contributed by atoms with E-state index in [0.717, 1.165) is 21.7 Å². The first-order valence-electron chi connectivity index (χ1n) is 10.6. The zero-order valence-electron chi connectivity index (χ0n) is 18.6. The van der Waals surface area contributed by atoms with Gasteiger partial charge in [0.15, 0.2) is 0 Å². The molecule has 2 N–H and O–H groups in total. The van der Waals surface area contributed by atoms with Gasteiger partial charge in [-0.2, -0.15) is 0 Å². The van der Waals surface area contributed by atoms with Crippen LogP contribution in [0.2, 0.25) is 0 Å². The number of nitrogens with zero attached hydrogens (tertiary/aromatic N) is 5. The number of carbonyl (C=O) groups excluding carboxylic acids is 2. The molecule has 0 spiro atoms. The summed E-state index contributed by atoms with van der Waals surface area (Å²) in [6, 6.07) is 5.91. The molecule has 1 fully saturated rings. The van der Waals surface area contributed by atoms with Crippen molar-refractivity contribution in [2.75, 3.05) is 6.54 Å². The minimum absolute atomic E-state index is 0.0400. The Morgan fingerprint density at radius 2 is 2.00 bits per heavy atom. The number of aliphatic hydroxyl groups is 1. The first-order chi connectivity index (χ1) is 15.2. The molecule has 170 valence electrons. The van der Waals surface area contributed by atoms with Crippen LogP contribution in [0, 0.1) is 12.8 Å². The minimum atomic E-state index is -0.916. The average Bonchev–Trinajstić information content (AvgIpc) is 3.36. The fraction of sp³-hybridized carbons (Fsp3) is 0.500. The van der Waals surface area contributed by atoms with Gasteiger partial charge in [-0.05, 0) is 36.4 Å². The Labute approximate surface area is 191 Å². The highest BCUT2D eigenvalue weighted by Gasteiger charge is 2.41. The third-order valence-electron chi connectivity index (χ3n) is 5.70. The summed E-state index contributed by atoms with van der Waals surface area (Å²) in [5, 5.41) is 16.7. The summed E-state index contributed by atoms with van der Waals surface area (Å²) >= 11 is 1.58. The predicted molar refractivity (Wildman–Crippen MR) is 123 cm³/mol. The third-order valence-corrected chi connectivity index (χ3v) is 6.68. The van der Waals surface area contributed by atoms with Gasteiger partial charge in [-0.15, -0.1) is 11.3 Å². The molecule has 2 heterocycles. The molecule has 1 aliphatic rings. The zero-order valence-corrected chi connectivity index (χ0v) is 19.4. The number of carbonyl (C=O) groups is 2. The molecule has 2 amide bonds. The molecule has 0 aliphatic carbocycles. The van der Waals surface area contributed by atoms with Crippen molar-refractivity contribution in [3.63, 3.8) is 0 Å². The van der Waals surface area contributed by atoms with Crippen LogP contribution in [0.3, 0.4) is 0 Å². The first kappa shape index (κ1) is 23.7. The zero-order chi connectivity index (χ0) is 23.4. The van der Waals surface area contributed by atoms with Crippen molar-refractivity contribution in [1.82, 2.24) is 15.2 Å². The molecule has 0 saturated carbocycles. The van der Waals surface area contributed by atoms with Gasteiger partial charge in [0.25, 0.3) is 0 Å². The van der Waals surface area contributed by atoms with E-state index in [1.54, 1.807) is 25.2 Å². The summed E-state index contributed by atoms with van der Waals surface area (Å²) in [6.07, 6.45) is -0.652. The normalized spacial score (nSPS) is 20.0. The molecule has 9 nitrogen and oxygen atoms in total. The SMILES string of the molecule is Cc1ncsc1-c1ccc([C@H](C)NC(=O)C2CC(O)CN2C(=O)[C@@H](N=[N+]=[N-])C(C)C)cc1. The largest absolute Gasteiger partial charge is 0.391 e. The van der Waals surface area contributed by atoms with Crippen molar-refractivity contribution in [2.24, 2.45) is 11.0 Å². The van der Waals surface area contributed by atoms with Crippen molar-refractivity contribution >= 4 is 23.2 Å². The van der Waals surface area contributed by atoms with Gasteiger partial charge in [-0.25, -0.2) is 4.98 Å². The quantitative estimate of drug-likeness (QED) is 0.374. The molecule has 32 heavy (non-hydrogen) atoms. The number of aromatic nitrogens is 1. The second-order valence-corrected chi connectivity index (χ2v) is 9.26. The van der Waals surface area contributed by atoms with Crippen LogP contribution in [0.15, 0.2) is 34.9 Å². The summed E-state index contributed by atoms with van der Waals surface area (Å²) in [6.45, 7) is 7.44. The summed E-state index contributed by atoms with van der Waals surface area (Å²) in [4.78, 5) is 35.4. The standard InChI is InChI=1S/C22H28N6O3S/c1-12(2)19(26-27-23)22(31)28-10-17(29)9-18(28)21(30)25-13(3)15-5-7-16(8-6-15)20-14(4)24-11-32-20/h5-8,11-13,17-19,29H,9-10H2,1-4H3,(H,25,30)/t13-,17?,18?,19-/m0/s1. The van der Waals surface area contributed by atoms with Gasteiger partial charge >= 0.3 is 0 Å². The van der Waals surface area contributed by atoms with Crippen LogP contribution < -0.4 is 5.32 Å². The molecule has 3 rings (SSSR count). The lowest BCUT2D eigenvalue weighted by Crippen LogP contribution is -2.50. The molecule has 2 unspecified atom stereocenters. The number of hydrogen-bond donors (Lipinski definition) is 2. The van der Waals surface area contributed by atoms with Crippen LogP contribution in [0.4, 0.5) is 0 Å². The van der Waals surface area contributed by atoms with Crippen molar-refractivity contribution in [1.29, 1.82) is 0 Å². The van der Waals surface area contributed by atoms with Gasteiger partial charge in [0.05, 0.1) is 28.2 Å². The van der Waals surface area contributed by atoms with Crippen LogP contribution in [0.25, 0.3) is 20.9 Å². The average molecular weight is 457 g/mol. The van der Waals surface area contributed by atoms with Gasteiger partial charge in [0, 0.05) is 17.9 Å². The predicted octanol–water partition coefficient (Wildman–Crippen LogP) is 3.59. The Morgan fingerprint density at radius 1 is 1.31 bits per heavy atom. The number of azide groups is 1. The maximum Gasteiger partial charge on any atom is 0.243 e. The van der Waals surface area contributed by atoms with Crippen LogP contribution in [-0.4, -0.2) is 51.5 Å². The topological polar surface area (TPSA) is 131 Å². The van der Waals surface area contributed by atoms with Crippen molar-refractivity contribution in [2.45, 2.75) is 58.3 Å². The van der Waals surface area contributed by atoms with Gasteiger partial charge in [-0.3, -0.25) is 9.59 Å². The fourth-order valence-corrected chi connectivity index (χ4v) is 4.71. The van der Waals surface area contributed by atoms with E-state index < -0.39 is 24.1 Å². The maximum absolute atomic E-state index is 13.0. The number of benzene rings is 1. The lowest BCUT2D eigenvalue weighted by Gasteiger charge is -2.28. The Balaban J connectivity index is 1.71. The third kappa shape index (κ3) is 5.09. The summed E-state index contributed by atoms with van der Waals surface area (Å²) in [5.74, 6) is -1.00. The number of rotatable bonds is 7. The second kappa shape index (κ2) is 10.1. The van der Waals surface area contributed by atoms with E-state index in [4.69, 9.17) is 5.53 Å². The molecule has 1 saturated heterocycles. The van der Waals surface area contributed by atoms with Gasteiger partial charge in [0.2, 0.25) is 11.8 Å². The molecule has 1 aliphatic heterocycles. The fourth-order valence-electron chi connectivity index (χ4n) is 3.89. The van der Waals surface area contributed by atoms with E-state index in [9.17, 15) is 14.7 Å². The number of hydrogen-bond acceptors (Lipinski definition) is 6. The highest BCUT2D eigenvalue weighted by molar-refractivity contribution is 7.13. The minimum Gasteiger partial charge on any atom is -0.391 e. The Morgan fingerprint density at radius 3 is 2.56 bits per heavy atom. The van der Waals surface area contributed by atoms with Crippen LogP contribution in [-0.2, 0) is 9.59 Å². The monoisotopic (exact) mass is 456 g/mol. The highest BCUT2D eigenvalue weighted by Crippen LogP contribution is 2.28. The highest BCUT2D eigenvalue weighted by atomic mass is 32.1. The number of thiazole rings is 1. The summed E-state index contributed by atoms with van der Waals surface area (Å²) < 4.78 is 0. The molecule has 4 atom stereocenters. The van der Waals surface area contributed by atoms with Gasteiger partial charge < -0.3 is 15.3 Å². The van der Waals surface area contributed by atoms with Crippen LogP contribution in [0.1, 0.15) is 44.5 Å². The Bertz CT molecular complexity index is 1010. The first-order valence-corrected chi connectivity index (χ1v) is 11.4. The maximum atomic E-state index is 13.0. The molecular weight excluding hydrogens is 428 g/mol. The number of amides is 2. The molecule has 1 aromatic heterocycles. The number of nitrogens with one attached hydrogen (secondary N) is 1. The molecule has 1 aromatic carbocycles. The van der Waals surface area contributed by atoms with Gasteiger partial charge in [-0.1, -0.05) is 43.2 Å². The van der Waals surface area contributed by atoms with E-state index >= 15 is 0 Å². The number of aliphatic hydroxyl groups excluding tert-OH is 1. The van der Waals surface area contributed by atoms with Gasteiger partial charge in [0.1, 0.15) is 12.1 Å². The lowest BCUT2D eigenvalue weighted by molar-refractivity contribution is -0.140. The van der Waals surface area contributed by atoms with Crippen LogP contribution in [0.5, 0.6) is 0 Å². The second-order valence-electron chi connectivity index (χ2n) is 8.41. The van der Waals surface area contributed by atoms with E-state index in [1.165, 1.54) is 4.90 Å². The molecule has 0 bridgehead atoms.